The number of morpholine rings is 1. The van der Waals surface area contributed by atoms with E-state index in [0.29, 0.717) is 19.0 Å². The number of aryl methyl sites for hydroxylation is 1. The number of fused-ring (bicyclic) bond motifs is 1. The lowest BCUT2D eigenvalue weighted by Gasteiger charge is -2.29. The average Bonchev–Trinajstić information content (AvgIpc) is 3.44. The average molecular weight is 402 g/mol. The van der Waals surface area contributed by atoms with Crippen LogP contribution in [0.3, 0.4) is 0 Å². The molecule has 0 amide bonds. The van der Waals surface area contributed by atoms with Gasteiger partial charge in [0.15, 0.2) is 11.5 Å². The lowest BCUT2D eigenvalue weighted by Crippen LogP contribution is -2.36. The van der Waals surface area contributed by atoms with Crippen molar-refractivity contribution < 1.29 is 4.74 Å². The molecule has 152 valence electrons. The summed E-state index contributed by atoms with van der Waals surface area (Å²) in [6.45, 7) is 5.06. The van der Waals surface area contributed by atoms with Gasteiger partial charge in [0.1, 0.15) is 0 Å². The number of benzene rings is 1. The van der Waals surface area contributed by atoms with E-state index < -0.39 is 0 Å². The summed E-state index contributed by atoms with van der Waals surface area (Å²) in [5.41, 5.74) is 8.80. The molecule has 0 spiro atoms. The molecule has 0 aliphatic carbocycles. The monoisotopic (exact) mass is 402 g/mol. The molecule has 5 rings (SSSR count). The fourth-order valence-electron chi connectivity index (χ4n) is 3.51. The minimum Gasteiger partial charge on any atom is -0.378 e. The van der Waals surface area contributed by atoms with Gasteiger partial charge in [-0.3, -0.25) is 10.5 Å². The van der Waals surface area contributed by atoms with Crippen molar-refractivity contribution in [2.75, 3.05) is 36.6 Å². The van der Waals surface area contributed by atoms with Crippen LogP contribution in [0.1, 0.15) is 11.1 Å². The molecule has 1 aliphatic rings. The van der Waals surface area contributed by atoms with E-state index in [4.69, 9.17) is 9.72 Å². The largest absolute Gasteiger partial charge is 0.378 e. The third-order valence-corrected chi connectivity index (χ3v) is 4.99. The predicted octanol–water partition coefficient (Wildman–Crippen LogP) is 2.71. The molecule has 30 heavy (non-hydrogen) atoms. The number of anilines is 2. The van der Waals surface area contributed by atoms with Crippen molar-refractivity contribution in [2.45, 2.75) is 6.92 Å². The number of hydrazone groups is 1. The van der Waals surface area contributed by atoms with Crippen molar-refractivity contribution in [3.63, 3.8) is 0 Å². The van der Waals surface area contributed by atoms with Crippen LogP contribution in [0.2, 0.25) is 0 Å². The van der Waals surface area contributed by atoms with Gasteiger partial charge in [-0.05, 0) is 12.5 Å². The maximum atomic E-state index is 5.52. The minimum absolute atomic E-state index is 0.643. The molecule has 0 bridgehead atoms. The second kappa shape index (κ2) is 7.96. The van der Waals surface area contributed by atoms with E-state index >= 15 is 0 Å². The first-order valence-corrected chi connectivity index (χ1v) is 9.84. The molecular formula is C21H22N8O. The van der Waals surface area contributed by atoms with E-state index in [0.717, 1.165) is 41.2 Å². The lowest BCUT2D eigenvalue weighted by atomic mass is 10.2. The van der Waals surface area contributed by atoms with E-state index in [1.807, 2.05) is 30.6 Å². The van der Waals surface area contributed by atoms with Crippen molar-refractivity contribution >= 4 is 23.4 Å². The van der Waals surface area contributed by atoms with Gasteiger partial charge in [-0.25, -0.2) is 9.50 Å². The zero-order valence-electron chi connectivity index (χ0n) is 16.6. The first-order valence-electron chi connectivity index (χ1n) is 9.84. The summed E-state index contributed by atoms with van der Waals surface area (Å²) in [6.07, 6.45) is 7.26. The SMILES string of the molecule is Cc1cccc(C=NNc2cc(N3CCOCC3)c3nc(-c4cn[nH]c4)cn3n2)c1. The summed E-state index contributed by atoms with van der Waals surface area (Å²) in [7, 11) is 0. The number of ether oxygens (including phenoxy) is 1. The van der Waals surface area contributed by atoms with Crippen LogP contribution >= 0.6 is 0 Å². The van der Waals surface area contributed by atoms with Gasteiger partial charge in [-0.2, -0.15) is 10.2 Å². The van der Waals surface area contributed by atoms with Gasteiger partial charge in [0, 0.05) is 30.9 Å². The van der Waals surface area contributed by atoms with Crippen LogP contribution in [-0.4, -0.2) is 57.3 Å². The second-order valence-electron chi connectivity index (χ2n) is 7.18. The molecule has 9 heteroatoms. The van der Waals surface area contributed by atoms with Crippen molar-refractivity contribution in [2.24, 2.45) is 5.10 Å². The summed E-state index contributed by atoms with van der Waals surface area (Å²) in [6, 6.07) is 10.2. The molecule has 4 heterocycles. The Morgan fingerprint density at radius 1 is 1.23 bits per heavy atom. The van der Waals surface area contributed by atoms with Gasteiger partial charge >= 0.3 is 0 Å². The first kappa shape index (κ1) is 18.3. The van der Waals surface area contributed by atoms with Gasteiger partial charge in [0.2, 0.25) is 0 Å². The summed E-state index contributed by atoms with van der Waals surface area (Å²) in [5, 5.41) is 15.9. The Hall–Kier alpha value is -3.72. The van der Waals surface area contributed by atoms with Gasteiger partial charge in [-0.1, -0.05) is 29.8 Å². The molecule has 3 aromatic heterocycles. The highest BCUT2D eigenvalue weighted by molar-refractivity contribution is 5.81. The van der Waals surface area contributed by atoms with Gasteiger partial charge in [-0.15, -0.1) is 5.10 Å². The summed E-state index contributed by atoms with van der Waals surface area (Å²) < 4.78 is 7.30. The molecule has 0 atom stereocenters. The summed E-state index contributed by atoms with van der Waals surface area (Å²) in [4.78, 5) is 7.07. The van der Waals surface area contributed by atoms with E-state index in [9.17, 15) is 0 Å². The minimum atomic E-state index is 0.643. The van der Waals surface area contributed by atoms with Crippen molar-refractivity contribution in [1.82, 2.24) is 24.8 Å². The molecular weight excluding hydrogens is 380 g/mol. The first-order chi connectivity index (χ1) is 14.8. The molecule has 9 nitrogen and oxygen atoms in total. The number of nitrogens with zero attached hydrogens (tertiary/aromatic N) is 6. The predicted molar refractivity (Wildman–Crippen MR) is 116 cm³/mol. The fraction of sp³-hybridized carbons (Fsp3) is 0.238. The third-order valence-electron chi connectivity index (χ3n) is 4.99. The molecule has 0 unspecified atom stereocenters. The molecule has 1 aliphatic heterocycles. The van der Waals surface area contributed by atoms with Crippen LogP contribution in [0.15, 0.2) is 54.0 Å². The number of aromatic amines is 1. The third kappa shape index (κ3) is 3.74. The van der Waals surface area contributed by atoms with E-state index in [2.05, 4.69) is 49.8 Å². The van der Waals surface area contributed by atoms with Crippen LogP contribution in [0, 0.1) is 6.92 Å². The Morgan fingerprint density at radius 2 is 2.13 bits per heavy atom. The Bertz CT molecular complexity index is 1180. The Balaban J connectivity index is 1.50. The number of nitrogens with one attached hydrogen (secondary N) is 2. The van der Waals surface area contributed by atoms with Gasteiger partial charge in [0.05, 0.1) is 43.2 Å². The highest BCUT2D eigenvalue weighted by Crippen LogP contribution is 2.27. The number of imidazole rings is 1. The topological polar surface area (TPSA) is 95.7 Å². The highest BCUT2D eigenvalue weighted by Gasteiger charge is 2.19. The van der Waals surface area contributed by atoms with Gasteiger partial charge in [0.25, 0.3) is 0 Å². The maximum absolute atomic E-state index is 5.52. The van der Waals surface area contributed by atoms with Crippen LogP contribution in [-0.2, 0) is 4.74 Å². The molecule has 1 fully saturated rings. The zero-order valence-corrected chi connectivity index (χ0v) is 16.6. The van der Waals surface area contributed by atoms with Crippen molar-refractivity contribution in [1.29, 1.82) is 0 Å². The Morgan fingerprint density at radius 3 is 2.93 bits per heavy atom. The van der Waals surface area contributed by atoms with Crippen molar-refractivity contribution in [3.05, 3.63) is 60.0 Å². The van der Waals surface area contributed by atoms with Crippen LogP contribution < -0.4 is 10.3 Å². The van der Waals surface area contributed by atoms with Gasteiger partial charge < -0.3 is 9.64 Å². The second-order valence-corrected chi connectivity index (χ2v) is 7.18. The number of hydrogen-bond acceptors (Lipinski definition) is 7. The van der Waals surface area contributed by atoms with Crippen LogP contribution in [0.5, 0.6) is 0 Å². The molecule has 1 aromatic carbocycles. The van der Waals surface area contributed by atoms with Crippen molar-refractivity contribution in [3.8, 4) is 11.3 Å². The number of hydrogen-bond donors (Lipinski definition) is 2. The number of aromatic nitrogens is 5. The lowest BCUT2D eigenvalue weighted by molar-refractivity contribution is 0.123. The quantitative estimate of drug-likeness (QED) is 0.394. The zero-order chi connectivity index (χ0) is 20.3. The fourth-order valence-corrected chi connectivity index (χ4v) is 3.51. The smallest absolute Gasteiger partial charge is 0.177 e. The molecule has 0 radical (unpaired) electrons. The van der Waals surface area contributed by atoms with E-state index in [1.54, 1.807) is 16.9 Å². The van der Waals surface area contributed by atoms with E-state index in [1.165, 1.54) is 5.56 Å². The van der Waals surface area contributed by atoms with Crippen LogP contribution in [0.4, 0.5) is 11.5 Å². The standard InChI is InChI=1S/C21H22N8O/c1-15-3-2-4-16(9-15)11-24-26-20-10-19(28-5-7-30-8-6-28)21-25-18(14-29(21)27-20)17-12-22-23-13-17/h2-4,9-14H,5-8H2,1H3,(H,22,23)(H,26,27). The maximum Gasteiger partial charge on any atom is 0.177 e. The molecule has 0 saturated carbocycles. The van der Waals surface area contributed by atoms with E-state index in [-0.39, 0.29) is 0 Å². The molecule has 4 aromatic rings. The Labute approximate surface area is 173 Å². The summed E-state index contributed by atoms with van der Waals surface area (Å²) >= 11 is 0. The normalized spacial score (nSPS) is 14.6. The number of H-pyrrole nitrogens is 1. The summed E-state index contributed by atoms with van der Waals surface area (Å²) in [5.74, 6) is 0.643. The highest BCUT2D eigenvalue weighted by atomic mass is 16.5. The molecule has 2 N–H and O–H groups in total. The molecule has 1 saturated heterocycles. The Kier molecular flexibility index (Phi) is 4.86. The number of rotatable bonds is 5. The van der Waals surface area contributed by atoms with Crippen LogP contribution in [0.25, 0.3) is 16.9 Å².